The molecule has 3 aromatic rings. The standard InChI is InChI=1S/C21H15Cl2N5O2S/c22-15-5-14(6-16(23)25-15)18-17(13-3-1-2-12(4-13)7-24)26-19(31-18)27-20(29)28-8-21(9-28)10-30-11-21/h1-6H,8-11H2,(H,26,27,29). The first kappa shape index (κ1) is 20.2. The number of thiazole rings is 1. The van der Waals surface area contributed by atoms with Gasteiger partial charge in [-0.3, -0.25) is 5.32 Å². The summed E-state index contributed by atoms with van der Waals surface area (Å²) in [7, 11) is 0. The Hall–Kier alpha value is -2.70. The van der Waals surface area contributed by atoms with Crippen LogP contribution < -0.4 is 5.32 Å². The van der Waals surface area contributed by atoms with E-state index in [4.69, 9.17) is 27.9 Å². The van der Waals surface area contributed by atoms with E-state index in [1.165, 1.54) is 11.3 Å². The number of amides is 2. The second-order valence-electron chi connectivity index (χ2n) is 7.67. The van der Waals surface area contributed by atoms with Crippen molar-refractivity contribution in [2.24, 2.45) is 5.41 Å². The Morgan fingerprint density at radius 3 is 2.55 bits per heavy atom. The molecule has 10 heteroatoms. The monoisotopic (exact) mass is 471 g/mol. The zero-order valence-electron chi connectivity index (χ0n) is 16.1. The Morgan fingerprint density at radius 1 is 1.16 bits per heavy atom. The van der Waals surface area contributed by atoms with Gasteiger partial charge in [0.05, 0.1) is 40.8 Å². The number of carbonyl (C=O) groups is 1. The number of nitrogens with zero attached hydrogens (tertiary/aromatic N) is 4. The molecule has 0 aliphatic carbocycles. The van der Waals surface area contributed by atoms with Gasteiger partial charge in [-0.2, -0.15) is 5.26 Å². The number of hydrogen-bond acceptors (Lipinski definition) is 6. The molecule has 156 valence electrons. The lowest BCUT2D eigenvalue weighted by Crippen LogP contribution is -2.67. The molecule has 2 amide bonds. The molecule has 2 saturated heterocycles. The first-order chi connectivity index (χ1) is 14.9. The number of rotatable bonds is 3. The van der Waals surface area contributed by atoms with E-state index in [-0.39, 0.29) is 21.8 Å². The highest BCUT2D eigenvalue weighted by Crippen LogP contribution is 2.41. The number of urea groups is 1. The van der Waals surface area contributed by atoms with Crippen molar-refractivity contribution in [3.63, 3.8) is 0 Å². The predicted octanol–water partition coefficient (Wildman–Crippen LogP) is 4.91. The van der Waals surface area contributed by atoms with Crippen LogP contribution in [0.2, 0.25) is 10.3 Å². The summed E-state index contributed by atoms with van der Waals surface area (Å²) in [5.74, 6) is 0. The summed E-state index contributed by atoms with van der Waals surface area (Å²) >= 11 is 13.5. The third kappa shape index (κ3) is 3.86. The number of halogens is 2. The third-order valence-electron chi connectivity index (χ3n) is 5.29. The molecular weight excluding hydrogens is 457 g/mol. The Kier molecular flexibility index (Phi) is 5.07. The van der Waals surface area contributed by atoms with E-state index in [2.05, 4.69) is 21.4 Å². The summed E-state index contributed by atoms with van der Waals surface area (Å²) in [6.45, 7) is 2.79. The molecular formula is C21H15Cl2N5O2S. The fourth-order valence-electron chi connectivity index (χ4n) is 3.75. The molecule has 4 heterocycles. The number of pyridine rings is 1. The minimum absolute atomic E-state index is 0.138. The van der Waals surface area contributed by atoms with E-state index >= 15 is 0 Å². The highest BCUT2D eigenvalue weighted by Gasteiger charge is 2.50. The van der Waals surface area contributed by atoms with Crippen molar-refractivity contribution in [2.75, 3.05) is 31.6 Å². The first-order valence-corrected chi connectivity index (χ1v) is 11.0. The number of carbonyl (C=O) groups excluding carboxylic acids is 1. The second-order valence-corrected chi connectivity index (χ2v) is 9.44. The van der Waals surface area contributed by atoms with Crippen molar-refractivity contribution in [2.45, 2.75) is 0 Å². The van der Waals surface area contributed by atoms with Crippen LogP contribution in [-0.4, -0.2) is 47.2 Å². The van der Waals surface area contributed by atoms with Gasteiger partial charge in [0.25, 0.3) is 0 Å². The van der Waals surface area contributed by atoms with Crippen LogP contribution >= 0.6 is 34.5 Å². The maximum Gasteiger partial charge on any atom is 0.323 e. The summed E-state index contributed by atoms with van der Waals surface area (Å²) in [5, 5.41) is 13.1. The summed E-state index contributed by atoms with van der Waals surface area (Å²) in [5.41, 5.74) is 2.77. The lowest BCUT2D eigenvalue weighted by atomic mass is 9.78. The fourth-order valence-corrected chi connectivity index (χ4v) is 5.17. The van der Waals surface area contributed by atoms with Crippen LogP contribution in [-0.2, 0) is 4.74 Å². The van der Waals surface area contributed by atoms with Crippen molar-refractivity contribution >= 4 is 45.7 Å². The third-order valence-corrected chi connectivity index (χ3v) is 6.69. The van der Waals surface area contributed by atoms with Gasteiger partial charge in [0.2, 0.25) is 0 Å². The van der Waals surface area contributed by atoms with Crippen LogP contribution in [0.25, 0.3) is 21.7 Å². The summed E-state index contributed by atoms with van der Waals surface area (Å²) in [6, 6.07) is 12.5. The van der Waals surface area contributed by atoms with Gasteiger partial charge < -0.3 is 9.64 Å². The van der Waals surface area contributed by atoms with Gasteiger partial charge in [0.15, 0.2) is 5.13 Å². The molecule has 2 aliphatic rings. The van der Waals surface area contributed by atoms with Gasteiger partial charge >= 0.3 is 6.03 Å². The number of hydrogen-bond donors (Lipinski definition) is 1. The first-order valence-electron chi connectivity index (χ1n) is 9.43. The van der Waals surface area contributed by atoms with E-state index in [9.17, 15) is 10.1 Å². The highest BCUT2D eigenvalue weighted by molar-refractivity contribution is 7.19. The average molecular weight is 472 g/mol. The zero-order chi connectivity index (χ0) is 21.6. The SMILES string of the molecule is N#Cc1cccc(-c2nc(NC(=O)N3CC4(COC4)C3)sc2-c2cc(Cl)nc(Cl)c2)c1. The van der Waals surface area contributed by atoms with Crippen LogP contribution in [0.5, 0.6) is 0 Å². The summed E-state index contributed by atoms with van der Waals surface area (Å²) in [6.07, 6.45) is 0. The molecule has 2 aromatic heterocycles. The number of aromatic nitrogens is 2. The molecule has 5 rings (SSSR count). The molecule has 0 radical (unpaired) electrons. The molecule has 7 nitrogen and oxygen atoms in total. The quantitative estimate of drug-likeness (QED) is 0.547. The lowest BCUT2D eigenvalue weighted by molar-refractivity contribution is -0.174. The Morgan fingerprint density at radius 2 is 1.90 bits per heavy atom. The van der Waals surface area contributed by atoms with Crippen LogP contribution in [0.15, 0.2) is 36.4 Å². The highest BCUT2D eigenvalue weighted by atomic mass is 35.5. The molecule has 0 unspecified atom stereocenters. The van der Waals surface area contributed by atoms with Gasteiger partial charge in [0, 0.05) is 24.2 Å². The minimum Gasteiger partial charge on any atom is -0.380 e. The molecule has 1 N–H and O–H groups in total. The van der Waals surface area contributed by atoms with Crippen molar-refractivity contribution in [1.82, 2.24) is 14.9 Å². The molecule has 0 bridgehead atoms. The second kappa shape index (κ2) is 7.77. The Balaban J connectivity index is 1.49. The Bertz CT molecular complexity index is 1210. The van der Waals surface area contributed by atoms with Gasteiger partial charge in [-0.1, -0.05) is 46.7 Å². The number of nitrogens with one attached hydrogen (secondary N) is 1. The largest absolute Gasteiger partial charge is 0.380 e. The number of anilines is 1. The van der Waals surface area contributed by atoms with Crippen molar-refractivity contribution in [1.29, 1.82) is 5.26 Å². The lowest BCUT2D eigenvalue weighted by Gasteiger charge is -2.54. The molecule has 31 heavy (non-hydrogen) atoms. The van der Waals surface area contributed by atoms with Crippen molar-refractivity contribution < 1.29 is 9.53 Å². The van der Waals surface area contributed by atoms with Crippen LogP contribution in [0.3, 0.4) is 0 Å². The van der Waals surface area contributed by atoms with Crippen LogP contribution in [0.1, 0.15) is 5.56 Å². The van der Waals surface area contributed by atoms with Gasteiger partial charge in [-0.15, -0.1) is 0 Å². The number of likely N-dealkylation sites (tertiary alicyclic amines) is 1. The zero-order valence-corrected chi connectivity index (χ0v) is 18.4. The molecule has 1 aromatic carbocycles. The molecule has 2 aliphatic heterocycles. The van der Waals surface area contributed by atoms with E-state index in [0.29, 0.717) is 42.7 Å². The number of ether oxygens (including phenoxy) is 1. The van der Waals surface area contributed by atoms with Crippen molar-refractivity contribution in [3.05, 3.63) is 52.3 Å². The molecule has 1 spiro atoms. The average Bonchev–Trinajstić information content (AvgIpc) is 3.09. The van der Waals surface area contributed by atoms with E-state index in [1.54, 1.807) is 35.2 Å². The smallest absolute Gasteiger partial charge is 0.323 e. The summed E-state index contributed by atoms with van der Waals surface area (Å²) < 4.78 is 5.26. The van der Waals surface area contributed by atoms with E-state index in [1.807, 2.05) is 6.07 Å². The normalized spacial score (nSPS) is 16.4. The Labute approximate surface area is 192 Å². The maximum absolute atomic E-state index is 12.7. The minimum atomic E-state index is -0.194. The number of benzene rings is 1. The fraction of sp³-hybridized carbons (Fsp3) is 0.238. The molecule has 2 fully saturated rings. The van der Waals surface area contributed by atoms with E-state index < -0.39 is 0 Å². The van der Waals surface area contributed by atoms with Crippen LogP contribution in [0.4, 0.5) is 9.93 Å². The molecule has 0 saturated carbocycles. The topological polar surface area (TPSA) is 91.1 Å². The summed E-state index contributed by atoms with van der Waals surface area (Å²) in [4.78, 5) is 23.8. The van der Waals surface area contributed by atoms with Gasteiger partial charge in [0.1, 0.15) is 10.3 Å². The maximum atomic E-state index is 12.7. The van der Waals surface area contributed by atoms with Crippen molar-refractivity contribution in [3.8, 4) is 27.8 Å². The van der Waals surface area contributed by atoms with Gasteiger partial charge in [-0.05, 0) is 24.3 Å². The van der Waals surface area contributed by atoms with Gasteiger partial charge in [-0.25, -0.2) is 14.8 Å². The van der Waals surface area contributed by atoms with Crippen LogP contribution in [0, 0.1) is 16.7 Å². The number of nitriles is 1. The van der Waals surface area contributed by atoms with E-state index in [0.717, 1.165) is 16.0 Å². The molecule has 0 atom stereocenters. The predicted molar refractivity (Wildman–Crippen MR) is 119 cm³/mol.